The van der Waals surface area contributed by atoms with Gasteiger partial charge in [0.05, 0.1) is 6.07 Å². The zero-order valence-corrected chi connectivity index (χ0v) is 10.3. The molecule has 0 atom stereocenters. The highest BCUT2D eigenvalue weighted by Gasteiger charge is 2.18. The molecule has 0 amide bonds. The normalized spacial score (nSPS) is 17.3. The van der Waals surface area contributed by atoms with E-state index in [0.717, 1.165) is 32.5 Å². The Morgan fingerprint density at radius 2 is 2.17 bits per heavy atom. The molecule has 0 spiro atoms. The first kappa shape index (κ1) is 12.8. The van der Waals surface area contributed by atoms with Gasteiger partial charge in [-0.2, -0.15) is 5.26 Å². The zero-order valence-electron chi connectivity index (χ0n) is 10.3. The van der Waals surface area contributed by atoms with Crippen LogP contribution in [-0.4, -0.2) is 31.1 Å². The van der Waals surface area contributed by atoms with Crippen LogP contribution in [0.3, 0.4) is 0 Å². The summed E-state index contributed by atoms with van der Waals surface area (Å²) in [5, 5.41) is 8.80. The Balaban J connectivity index is 1.69. The van der Waals surface area contributed by atoms with E-state index in [1.54, 1.807) is 12.1 Å². The van der Waals surface area contributed by atoms with Gasteiger partial charge in [0.1, 0.15) is 18.2 Å². The summed E-state index contributed by atoms with van der Waals surface area (Å²) < 4.78 is 18.4. The van der Waals surface area contributed by atoms with Crippen LogP contribution in [0.1, 0.15) is 12.8 Å². The number of likely N-dealkylation sites (tertiary alicyclic amines) is 1. The Morgan fingerprint density at radius 1 is 1.39 bits per heavy atom. The van der Waals surface area contributed by atoms with Crippen LogP contribution in [0.25, 0.3) is 0 Å². The van der Waals surface area contributed by atoms with Crippen LogP contribution in [0.4, 0.5) is 4.39 Å². The average molecular weight is 248 g/mol. The highest BCUT2D eigenvalue weighted by molar-refractivity contribution is 5.22. The lowest BCUT2D eigenvalue weighted by atomic mass is 9.99. The molecule has 2 rings (SSSR count). The second-order valence-corrected chi connectivity index (χ2v) is 4.55. The maximum atomic E-state index is 12.9. The van der Waals surface area contributed by atoms with Crippen molar-refractivity contribution in [3.63, 3.8) is 0 Å². The molecule has 1 saturated heterocycles. The molecule has 0 unspecified atom stereocenters. The fraction of sp³-hybridized carbons (Fsp3) is 0.500. The molecule has 3 nitrogen and oxygen atoms in total. The molecule has 1 fully saturated rings. The van der Waals surface area contributed by atoms with E-state index in [1.165, 1.54) is 12.1 Å². The van der Waals surface area contributed by atoms with Crippen LogP contribution >= 0.6 is 0 Å². The molecule has 0 saturated carbocycles. The monoisotopic (exact) mass is 248 g/mol. The highest BCUT2D eigenvalue weighted by atomic mass is 19.1. The number of ether oxygens (including phenoxy) is 1. The van der Waals surface area contributed by atoms with E-state index < -0.39 is 0 Å². The molecular formula is C14H17FN2O. The molecule has 96 valence electrons. The number of hydrogen-bond acceptors (Lipinski definition) is 3. The molecule has 1 aromatic carbocycles. The van der Waals surface area contributed by atoms with Gasteiger partial charge in [0.2, 0.25) is 0 Å². The summed E-state index contributed by atoms with van der Waals surface area (Å²) in [6.45, 7) is 3.28. The molecular weight excluding hydrogens is 231 g/mol. The van der Waals surface area contributed by atoms with E-state index in [0.29, 0.717) is 12.4 Å². The molecule has 0 aliphatic carbocycles. The first-order valence-electron chi connectivity index (χ1n) is 6.28. The van der Waals surface area contributed by atoms with Crippen molar-refractivity contribution in [3.05, 3.63) is 30.1 Å². The summed E-state index contributed by atoms with van der Waals surface area (Å²) in [5.41, 5.74) is 0. The minimum atomic E-state index is -0.276. The molecule has 0 bridgehead atoms. The molecule has 1 aromatic rings. The largest absolute Gasteiger partial charge is 0.492 e. The van der Waals surface area contributed by atoms with Crippen molar-refractivity contribution in [2.45, 2.75) is 12.8 Å². The Hall–Kier alpha value is -1.60. The maximum absolute atomic E-state index is 12.9. The molecule has 0 radical (unpaired) electrons. The highest BCUT2D eigenvalue weighted by Crippen LogP contribution is 2.16. The standard InChI is InChI=1S/C14H17FN2O/c15-13-2-1-3-14(10-13)18-9-8-17-6-4-12(11-16)5-7-17/h1-3,10,12H,4-9H2. The van der Waals surface area contributed by atoms with Crippen molar-refractivity contribution < 1.29 is 9.13 Å². The lowest BCUT2D eigenvalue weighted by Crippen LogP contribution is -2.36. The quantitative estimate of drug-likeness (QED) is 0.821. The third-order valence-electron chi connectivity index (χ3n) is 3.24. The van der Waals surface area contributed by atoms with Gasteiger partial charge >= 0.3 is 0 Å². The molecule has 1 aliphatic heterocycles. The zero-order chi connectivity index (χ0) is 12.8. The summed E-state index contributed by atoms with van der Waals surface area (Å²) in [4.78, 5) is 2.28. The Labute approximate surface area is 107 Å². The van der Waals surface area contributed by atoms with Gasteiger partial charge in [0, 0.05) is 18.5 Å². The smallest absolute Gasteiger partial charge is 0.126 e. The molecule has 18 heavy (non-hydrogen) atoms. The fourth-order valence-electron chi connectivity index (χ4n) is 2.14. The minimum Gasteiger partial charge on any atom is -0.492 e. The van der Waals surface area contributed by atoms with Gasteiger partial charge in [-0.05, 0) is 38.1 Å². The number of benzene rings is 1. The Bertz CT molecular complexity index is 422. The molecule has 1 aliphatic rings. The predicted octanol–water partition coefficient (Wildman–Crippen LogP) is 2.44. The van der Waals surface area contributed by atoms with Crippen LogP contribution in [-0.2, 0) is 0 Å². The van der Waals surface area contributed by atoms with E-state index in [2.05, 4.69) is 11.0 Å². The van der Waals surface area contributed by atoms with E-state index in [-0.39, 0.29) is 11.7 Å². The van der Waals surface area contributed by atoms with Gasteiger partial charge in [-0.1, -0.05) is 6.07 Å². The second kappa shape index (κ2) is 6.36. The van der Waals surface area contributed by atoms with Gasteiger partial charge in [-0.3, -0.25) is 4.90 Å². The van der Waals surface area contributed by atoms with Crippen molar-refractivity contribution in [2.75, 3.05) is 26.2 Å². The van der Waals surface area contributed by atoms with Gasteiger partial charge in [0.15, 0.2) is 0 Å². The predicted molar refractivity (Wildman–Crippen MR) is 66.7 cm³/mol. The van der Waals surface area contributed by atoms with Crippen LogP contribution < -0.4 is 4.74 Å². The van der Waals surface area contributed by atoms with E-state index in [9.17, 15) is 4.39 Å². The summed E-state index contributed by atoms with van der Waals surface area (Å²) in [7, 11) is 0. The maximum Gasteiger partial charge on any atom is 0.126 e. The van der Waals surface area contributed by atoms with Crippen molar-refractivity contribution >= 4 is 0 Å². The number of halogens is 1. The molecule has 0 N–H and O–H groups in total. The van der Waals surface area contributed by atoms with Crippen molar-refractivity contribution in [1.82, 2.24) is 4.90 Å². The first-order valence-corrected chi connectivity index (χ1v) is 6.28. The van der Waals surface area contributed by atoms with Crippen molar-refractivity contribution in [2.24, 2.45) is 5.92 Å². The van der Waals surface area contributed by atoms with Gasteiger partial charge in [0.25, 0.3) is 0 Å². The molecule has 4 heteroatoms. The lowest BCUT2D eigenvalue weighted by molar-refractivity contribution is 0.169. The summed E-state index contributed by atoms with van der Waals surface area (Å²) in [5.74, 6) is 0.509. The average Bonchev–Trinajstić information content (AvgIpc) is 2.40. The SMILES string of the molecule is N#CC1CCN(CCOc2cccc(F)c2)CC1. The lowest BCUT2D eigenvalue weighted by Gasteiger charge is -2.28. The third-order valence-corrected chi connectivity index (χ3v) is 3.24. The minimum absolute atomic E-state index is 0.213. The summed E-state index contributed by atoms with van der Waals surface area (Å²) in [6, 6.07) is 8.50. The topological polar surface area (TPSA) is 36.3 Å². The summed E-state index contributed by atoms with van der Waals surface area (Å²) >= 11 is 0. The number of rotatable bonds is 4. The van der Waals surface area contributed by atoms with E-state index >= 15 is 0 Å². The van der Waals surface area contributed by atoms with E-state index in [1.807, 2.05) is 0 Å². The number of piperidine rings is 1. The number of hydrogen-bond donors (Lipinski definition) is 0. The molecule has 1 heterocycles. The first-order chi connectivity index (χ1) is 8.78. The van der Waals surface area contributed by atoms with Crippen molar-refractivity contribution in [3.8, 4) is 11.8 Å². The third kappa shape index (κ3) is 3.71. The van der Waals surface area contributed by atoms with Gasteiger partial charge in [-0.25, -0.2) is 4.39 Å². The van der Waals surface area contributed by atoms with Crippen LogP contribution in [0.2, 0.25) is 0 Å². The number of nitrogens with zero attached hydrogens (tertiary/aromatic N) is 2. The second-order valence-electron chi connectivity index (χ2n) is 4.55. The van der Waals surface area contributed by atoms with Crippen LogP contribution in [0.5, 0.6) is 5.75 Å². The number of nitriles is 1. The van der Waals surface area contributed by atoms with Gasteiger partial charge < -0.3 is 4.74 Å². The van der Waals surface area contributed by atoms with E-state index in [4.69, 9.17) is 10.00 Å². The van der Waals surface area contributed by atoms with Gasteiger partial charge in [-0.15, -0.1) is 0 Å². The Morgan fingerprint density at radius 3 is 2.83 bits per heavy atom. The summed E-state index contributed by atoms with van der Waals surface area (Å²) in [6.07, 6.45) is 1.88. The Kier molecular flexibility index (Phi) is 4.54. The van der Waals surface area contributed by atoms with Crippen LogP contribution in [0.15, 0.2) is 24.3 Å². The van der Waals surface area contributed by atoms with Crippen LogP contribution in [0, 0.1) is 23.1 Å². The van der Waals surface area contributed by atoms with Crippen molar-refractivity contribution in [1.29, 1.82) is 5.26 Å². The molecule has 0 aromatic heterocycles. The fourth-order valence-corrected chi connectivity index (χ4v) is 2.14.